The van der Waals surface area contributed by atoms with E-state index in [9.17, 15) is 18.9 Å². The maximum absolute atomic E-state index is 12.4. The van der Waals surface area contributed by atoms with Gasteiger partial charge in [0.1, 0.15) is 6.07 Å². The predicted octanol–water partition coefficient (Wildman–Crippen LogP) is 2.11. The van der Waals surface area contributed by atoms with E-state index in [1.54, 1.807) is 0 Å². The molecule has 0 saturated carbocycles. The van der Waals surface area contributed by atoms with E-state index in [1.807, 2.05) is 0 Å². The molecule has 0 aliphatic rings. The first-order chi connectivity index (χ1) is 6.97. The third kappa shape index (κ3) is 2.04. The Bertz CT molecular complexity index is 454. The minimum atomic E-state index is -2.87. The molecule has 0 fully saturated rings. The largest absolute Gasteiger partial charge is 0.367 e. The van der Waals surface area contributed by atoms with Gasteiger partial charge in [-0.3, -0.25) is 0 Å². The van der Waals surface area contributed by atoms with Gasteiger partial charge in [-0.05, 0) is 22.9 Å². The van der Waals surface area contributed by atoms with Gasteiger partial charge in [0, 0.05) is 5.56 Å². The number of alkyl halides is 2. The quantitative estimate of drug-likeness (QED) is 0.556. The number of nitrogens with zero attached hydrogens (tertiary/aromatic N) is 3. The molecule has 0 N–H and O–H groups in total. The zero-order chi connectivity index (χ0) is 11.6. The zero-order valence-corrected chi connectivity index (χ0v) is 7.57. The fraction of sp³-hybridized carbons (Fsp3) is 0.250. The number of pyridine rings is 1. The first-order valence-corrected chi connectivity index (χ1v) is 3.81. The summed E-state index contributed by atoms with van der Waals surface area (Å²) in [5, 5.41) is 18.9. The Kier molecular flexibility index (Phi) is 2.90. The number of halogens is 2. The molecule has 7 heteroatoms. The summed E-state index contributed by atoms with van der Waals surface area (Å²) in [6.45, 7) is 1.29. The molecule has 0 radical (unpaired) electrons. The van der Waals surface area contributed by atoms with Crippen molar-refractivity contribution in [3.63, 3.8) is 0 Å². The molecule has 0 atom stereocenters. The van der Waals surface area contributed by atoms with Crippen molar-refractivity contribution in [1.82, 2.24) is 4.98 Å². The van der Waals surface area contributed by atoms with E-state index in [0.29, 0.717) is 0 Å². The minimum Gasteiger partial charge on any atom is -0.358 e. The molecule has 1 aromatic rings. The lowest BCUT2D eigenvalue weighted by Gasteiger charge is -2.01. The van der Waals surface area contributed by atoms with Crippen molar-refractivity contribution in [3.8, 4) is 6.07 Å². The molecule has 1 aromatic heterocycles. The molecule has 0 spiro atoms. The Morgan fingerprint density at radius 1 is 1.67 bits per heavy atom. The normalized spacial score (nSPS) is 10.1. The molecule has 0 amide bonds. The summed E-state index contributed by atoms with van der Waals surface area (Å²) in [4.78, 5) is 12.9. The first-order valence-electron chi connectivity index (χ1n) is 3.81. The van der Waals surface area contributed by atoms with Crippen LogP contribution in [0.3, 0.4) is 0 Å². The molecule has 0 aromatic carbocycles. The highest BCUT2D eigenvalue weighted by Gasteiger charge is 2.23. The second-order valence-corrected chi connectivity index (χ2v) is 2.74. The lowest BCUT2D eigenvalue weighted by Crippen LogP contribution is -2.02. The van der Waals surface area contributed by atoms with Gasteiger partial charge in [0.05, 0.1) is 5.56 Å². The van der Waals surface area contributed by atoms with Crippen LogP contribution in [0.25, 0.3) is 0 Å². The van der Waals surface area contributed by atoms with Gasteiger partial charge in [0.2, 0.25) is 0 Å². The van der Waals surface area contributed by atoms with Gasteiger partial charge in [0.15, 0.2) is 0 Å². The molecule has 0 aliphatic carbocycles. The van der Waals surface area contributed by atoms with Gasteiger partial charge in [-0.1, -0.05) is 0 Å². The Hall–Kier alpha value is -2.10. The average Bonchev–Trinajstić information content (AvgIpc) is 2.16. The molecule has 0 bridgehead atoms. The lowest BCUT2D eigenvalue weighted by atomic mass is 10.1. The van der Waals surface area contributed by atoms with Crippen molar-refractivity contribution < 1.29 is 13.7 Å². The summed E-state index contributed by atoms with van der Waals surface area (Å²) < 4.78 is 24.7. The van der Waals surface area contributed by atoms with Crippen LogP contribution < -0.4 is 0 Å². The fourth-order valence-electron chi connectivity index (χ4n) is 1.07. The Morgan fingerprint density at radius 3 is 2.67 bits per heavy atom. The zero-order valence-electron chi connectivity index (χ0n) is 7.57. The van der Waals surface area contributed by atoms with Gasteiger partial charge >= 0.3 is 5.82 Å². The number of rotatable bonds is 2. The van der Waals surface area contributed by atoms with Gasteiger partial charge in [-0.15, -0.1) is 0 Å². The van der Waals surface area contributed by atoms with Crippen LogP contribution in [0.4, 0.5) is 14.6 Å². The molecule has 0 unspecified atom stereocenters. The number of nitro groups is 1. The molecule has 78 valence electrons. The maximum atomic E-state index is 12.4. The molecule has 5 nitrogen and oxygen atoms in total. The maximum Gasteiger partial charge on any atom is 0.367 e. The molecular formula is C8H5F2N3O2. The number of aromatic nitrogens is 1. The van der Waals surface area contributed by atoms with E-state index >= 15 is 0 Å². The number of aryl methyl sites for hydroxylation is 1. The number of hydrogen-bond acceptors (Lipinski definition) is 4. The molecular weight excluding hydrogens is 208 g/mol. The van der Waals surface area contributed by atoms with Crippen molar-refractivity contribution in [1.29, 1.82) is 5.26 Å². The van der Waals surface area contributed by atoms with E-state index in [0.717, 1.165) is 6.07 Å². The van der Waals surface area contributed by atoms with Crippen LogP contribution in [-0.4, -0.2) is 9.91 Å². The van der Waals surface area contributed by atoms with Crippen LogP contribution in [0.15, 0.2) is 6.07 Å². The van der Waals surface area contributed by atoms with Crippen molar-refractivity contribution >= 4 is 5.82 Å². The van der Waals surface area contributed by atoms with Crippen molar-refractivity contribution in [2.45, 2.75) is 13.3 Å². The second-order valence-electron chi connectivity index (χ2n) is 2.74. The average molecular weight is 213 g/mol. The summed E-state index contributed by atoms with van der Waals surface area (Å²) in [7, 11) is 0. The third-order valence-electron chi connectivity index (χ3n) is 1.73. The molecule has 0 aliphatic heterocycles. The van der Waals surface area contributed by atoms with Gasteiger partial charge in [-0.25, -0.2) is 8.78 Å². The lowest BCUT2D eigenvalue weighted by molar-refractivity contribution is -0.390. The van der Waals surface area contributed by atoms with Crippen LogP contribution in [-0.2, 0) is 0 Å². The standard InChI is InChI=1S/C8H5F2N3O2/c1-4-2-5(7(9)10)6(3-11)12-8(4)13(14)15/h2,7H,1H3. The first kappa shape index (κ1) is 11.0. The second kappa shape index (κ2) is 3.96. The van der Waals surface area contributed by atoms with E-state index in [4.69, 9.17) is 5.26 Å². The predicted molar refractivity (Wildman–Crippen MR) is 45.3 cm³/mol. The third-order valence-corrected chi connectivity index (χ3v) is 1.73. The smallest absolute Gasteiger partial charge is 0.358 e. The van der Waals surface area contributed by atoms with Gasteiger partial charge in [-0.2, -0.15) is 5.26 Å². The van der Waals surface area contributed by atoms with E-state index in [2.05, 4.69) is 4.98 Å². The Labute approximate surface area is 83.1 Å². The van der Waals surface area contributed by atoms with Crippen LogP contribution in [0, 0.1) is 28.4 Å². The van der Waals surface area contributed by atoms with Crippen molar-refractivity contribution in [2.75, 3.05) is 0 Å². The molecule has 1 heterocycles. The minimum absolute atomic E-state index is 0.00861. The van der Waals surface area contributed by atoms with Crippen LogP contribution in [0.1, 0.15) is 23.2 Å². The van der Waals surface area contributed by atoms with Crippen LogP contribution in [0.2, 0.25) is 0 Å². The number of nitriles is 1. The van der Waals surface area contributed by atoms with Gasteiger partial charge < -0.3 is 10.1 Å². The van der Waals surface area contributed by atoms with Crippen LogP contribution in [0.5, 0.6) is 0 Å². The molecule has 0 saturated heterocycles. The monoisotopic (exact) mass is 213 g/mol. The van der Waals surface area contributed by atoms with E-state index in [1.165, 1.54) is 13.0 Å². The summed E-state index contributed by atoms with van der Waals surface area (Å²) in [6.07, 6.45) is -2.87. The van der Waals surface area contributed by atoms with E-state index < -0.39 is 28.4 Å². The Balaban J connectivity index is 3.44. The van der Waals surface area contributed by atoms with E-state index in [-0.39, 0.29) is 5.56 Å². The SMILES string of the molecule is Cc1cc(C(F)F)c(C#N)nc1[N+](=O)[O-]. The van der Waals surface area contributed by atoms with Gasteiger partial charge in [0.25, 0.3) is 12.1 Å². The van der Waals surface area contributed by atoms with Crippen molar-refractivity contribution in [3.05, 3.63) is 33.0 Å². The number of hydrogen-bond donors (Lipinski definition) is 0. The summed E-state index contributed by atoms with van der Waals surface area (Å²) in [5.74, 6) is -0.573. The highest BCUT2D eigenvalue weighted by molar-refractivity contribution is 5.42. The summed E-state index contributed by atoms with van der Waals surface area (Å²) in [5.41, 5.74) is -1.18. The summed E-state index contributed by atoms with van der Waals surface area (Å²) >= 11 is 0. The Morgan fingerprint density at radius 2 is 2.27 bits per heavy atom. The highest BCUT2D eigenvalue weighted by Crippen LogP contribution is 2.26. The highest BCUT2D eigenvalue weighted by atomic mass is 19.3. The fourth-order valence-corrected chi connectivity index (χ4v) is 1.07. The molecule has 1 rings (SSSR count). The topological polar surface area (TPSA) is 79.8 Å². The van der Waals surface area contributed by atoms with Crippen molar-refractivity contribution in [2.24, 2.45) is 0 Å². The molecule has 15 heavy (non-hydrogen) atoms. The summed E-state index contributed by atoms with van der Waals surface area (Å²) in [6, 6.07) is 2.31. The van der Waals surface area contributed by atoms with Crippen LogP contribution >= 0.6 is 0 Å².